The Labute approximate surface area is 164 Å². The summed E-state index contributed by atoms with van der Waals surface area (Å²) in [6, 6.07) is 0. The molecule has 5 nitrogen and oxygen atoms in total. The number of carbonyl (C=O) groups excluding carboxylic acids is 1. The Hall–Kier alpha value is -1.65. The van der Waals surface area contributed by atoms with Gasteiger partial charge >= 0.3 is 0 Å². The number of anilines is 1. The Kier molecular flexibility index (Phi) is 6.07. The van der Waals surface area contributed by atoms with Gasteiger partial charge in [-0.1, -0.05) is 27.7 Å². The van der Waals surface area contributed by atoms with E-state index in [0.717, 1.165) is 49.8 Å². The van der Waals surface area contributed by atoms with Crippen molar-refractivity contribution >= 4 is 11.7 Å². The zero-order valence-electron chi connectivity index (χ0n) is 17.8. The summed E-state index contributed by atoms with van der Waals surface area (Å²) in [6.07, 6.45) is 6.32. The second-order valence-corrected chi connectivity index (χ2v) is 9.71. The first-order valence-corrected chi connectivity index (χ1v) is 10.6. The number of rotatable bonds is 4. The van der Waals surface area contributed by atoms with Crippen LogP contribution in [0.5, 0.6) is 0 Å². The van der Waals surface area contributed by atoms with E-state index in [4.69, 9.17) is 9.97 Å². The Balaban J connectivity index is 1.74. The fraction of sp³-hybridized carbons (Fsp3) is 0.773. The first-order valence-electron chi connectivity index (χ1n) is 10.6. The average molecular weight is 373 g/mol. The highest BCUT2D eigenvalue weighted by atomic mass is 16.2. The van der Waals surface area contributed by atoms with Crippen molar-refractivity contribution in [2.75, 3.05) is 24.5 Å². The van der Waals surface area contributed by atoms with Crippen LogP contribution in [0.4, 0.5) is 5.82 Å². The molecule has 1 amide bonds. The average Bonchev–Trinajstić information content (AvgIpc) is 2.59. The fourth-order valence-electron chi connectivity index (χ4n) is 4.64. The molecule has 0 radical (unpaired) electrons. The summed E-state index contributed by atoms with van der Waals surface area (Å²) >= 11 is 0. The summed E-state index contributed by atoms with van der Waals surface area (Å²) in [5, 5.41) is 0. The van der Waals surface area contributed by atoms with Crippen molar-refractivity contribution < 1.29 is 4.79 Å². The van der Waals surface area contributed by atoms with Gasteiger partial charge in [0, 0.05) is 38.0 Å². The molecular formula is C22H36N4O. The number of nitrogens with zero attached hydrogens (tertiary/aromatic N) is 4. The van der Waals surface area contributed by atoms with Crippen LogP contribution >= 0.6 is 0 Å². The van der Waals surface area contributed by atoms with Crippen LogP contribution in [-0.4, -0.2) is 40.4 Å². The van der Waals surface area contributed by atoms with Gasteiger partial charge in [0.05, 0.1) is 12.2 Å². The molecule has 1 atom stereocenters. The first kappa shape index (κ1) is 20.1. The highest BCUT2D eigenvalue weighted by Gasteiger charge is 2.28. The molecule has 3 rings (SSSR count). The van der Waals surface area contributed by atoms with E-state index in [-0.39, 0.29) is 11.3 Å². The maximum absolute atomic E-state index is 12.9. The van der Waals surface area contributed by atoms with Crippen molar-refractivity contribution in [2.45, 2.75) is 79.7 Å². The van der Waals surface area contributed by atoms with Gasteiger partial charge in [0.1, 0.15) is 11.6 Å². The van der Waals surface area contributed by atoms with E-state index < -0.39 is 0 Å². The summed E-state index contributed by atoms with van der Waals surface area (Å²) < 4.78 is 0. The topological polar surface area (TPSA) is 49.3 Å². The van der Waals surface area contributed by atoms with Crippen LogP contribution in [0.2, 0.25) is 0 Å². The predicted molar refractivity (Wildman–Crippen MR) is 110 cm³/mol. The predicted octanol–water partition coefficient (Wildman–Crippen LogP) is 4.12. The van der Waals surface area contributed by atoms with Crippen LogP contribution in [0, 0.1) is 18.3 Å². The molecule has 1 saturated heterocycles. The largest absolute Gasteiger partial charge is 0.356 e. The fourth-order valence-corrected chi connectivity index (χ4v) is 4.64. The monoisotopic (exact) mass is 372 g/mol. The molecule has 5 heteroatoms. The lowest BCUT2D eigenvalue weighted by Gasteiger charge is -2.35. The Morgan fingerprint density at radius 3 is 2.48 bits per heavy atom. The molecule has 1 aromatic heterocycles. The van der Waals surface area contributed by atoms with Gasteiger partial charge in [-0.15, -0.1) is 0 Å². The number of aromatic nitrogens is 2. The smallest absolute Gasteiger partial charge is 0.223 e. The van der Waals surface area contributed by atoms with Gasteiger partial charge in [-0.05, 0) is 43.9 Å². The molecule has 0 spiro atoms. The number of hydrogen-bond donors (Lipinski definition) is 0. The van der Waals surface area contributed by atoms with E-state index in [1.54, 1.807) is 0 Å². The van der Waals surface area contributed by atoms with Crippen LogP contribution in [0.1, 0.15) is 76.9 Å². The molecule has 0 N–H and O–H groups in total. The van der Waals surface area contributed by atoms with Crippen molar-refractivity contribution in [1.82, 2.24) is 14.9 Å². The summed E-state index contributed by atoms with van der Waals surface area (Å²) in [5.41, 5.74) is 2.60. The molecule has 2 aliphatic heterocycles. The maximum atomic E-state index is 12.9. The zero-order chi connectivity index (χ0) is 19.6. The number of hydrogen-bond acceptors (Lipinski definition) is 4. The van der Waals surface area contributed by atoms with Crippen LogP contribution in [0.3, 0.4) is 0 Å². The Morgan fingerprint density at radius 2 is 1.81 bits per heavy atom. The van der Waals surface area contributed by atoms with Crippen molar-refractivity contribution in [2.24, 2.45) is 11.3 Å². The van der Waals surface area contributed by atoms with Gasteiger partial charge in [0.15, 0.2) is 0 Å². The number of fused-ring (bicyclic) bond motifs is 1. The van der Waals surface area contributed by atoms with Crippen LogP contribution in [0.25, 0.3) is 0 Å². The molecule has 1 fully saturated rings. The zero-order valence-corrected chi connectivity index (χ0v) is 17.8. The second-order valence-electron chi connectivity index (χ2n) is 9.71. The molecule has 0 aromatic carbocycles. The first-order chi connectivity index (χ1) is 12.7. The lowest BCUT2D eigenvalue weighted by molar-refractivity contribution is -0.133. The summed E-state index contributed by atoms with van der Waals surface area (Å²) in [5.74, 6) is 2.63. The Bertz CT molecular complexity index is 674. The van der Waals surface area contributed by atoms with Crippen molar-refractivity contribution in [1.29, 1.82) is 0 Å². The molecule has 0 bridgehead atoms. The van der Waals surface area contributed by atoms with Crippen molar-refractivity contribution in [3.05, 3.63) is 17.1 Å². The highest BCUT2D eigenvalue weighted by molar-refractivity contribution is 5.77. The van der Waals surface area contributed by atoms with Gasteiger partial charge in [0.2, 0.25) is 5.91 Å². The van der Waals surface area contributed by atoms with Gasteiger partial charge in [0.25, 0.3) is 0 Å². The van der Waals surface area contributed by atoms with Gasteiger partial charge in [-0.25, -0.2) is 9.97 Å². The third-order valence-electron chi connectivity index (χ3n) is 5.64. The second kappa shape index (κ2) is 8.15. The third-order valence-corrected chi connectivity index (χ3v) is 5.64. The van der Waals surface area contributed by atoms with Crippen molar-refractivity contribution in [3.63, 3.8) is 0 Å². The summed E-state index contributed by atoms with van der Waals surface area (Å²) in [6.45, 7) is 14.5. The normalized spacial score (nSPS) is 19.0. The lowest BCUT2D eigenvalue weighted by atomic mass is 9.84. The Morgan fingerprint density at radius 1 is 1.11 bits per heavy atom. The van der Waals surface area contributed by atoms with E-state index in [9.17, 15) is 4.79 Å². The highest BCUT2D eigenvalue weighted by Crippen LogP contribution is 2.30. The van der Waals surface area contributed by atoms with Crippen LogP contribution in [0.15, 0.2) is 0 Å². The van der Waals surface area contributed by atoms with E-state index in [2.05, 4.69) is 32.6 Å². The molecule has 0 unspecified atom stereocenters. The van der Waals surface area contributed by atoms with E-state index >= 15 is 0 Å². The van der Waals surface area contributed by atoms with Crippen molar-refractivity contribution in [3.8, 4) is 0 Å². The maximum Gasteiger partial charge on any atom is 0.223 e. The van der Waals surface area contributed by atoms with E-state index in [1.165, 1.54) is 24.8 Å². The number of amides is 1. The minimum absolute atomic E-state index is 0.265. The standard InChI is InChI=1S/C22H36N4O/c1-16(14-22(3,4)5)13-20(27)26-12-9-19-18(15-26)21(24-17(2)23-19)25-10-7-6-8-11-25/h16H,6-15H2,1-5H3/t16-/m1/s1. The lowest BCUT2D eigenvalue weighted by Crippen LogP contribution is -2.39. The molecular weight excluding hydrogens is 336 g/mol. The summed E-state index contributed by atoms with van der Waals surface area (Å²) in [4.78, 5) is 26.9. The molecule has 1 aromatic rings. The molecule has 2 aliphatic rings. The number of aryl methyl sites for hydroxylation is 1. The molecule has 150 valence electrons. The van der Waals surface area contributed by atoms with Crippen LogP contribution < -0.4 is 4.90 Å². The summed E-state index contributed by atoms with van der Waals surface area (Å²) in [7, 11) is 0. The third kappa shape index (κ3) is 5.20. The van der Waals surface area contributed by atoms with Gasteiger partial charge < -0.3 is 9.80 Å². The van der Waals surface area contributed by atoms with E-state index in [0.29, 0.717) is 18.9 Å². The van der Waals surface area contributed by atoms with Gasteiger partial charge in [-0.3, -0.25) is 4.79 Å². The number of piperidine rings is 1. The van der Waals surface area contributed by atoms with Gasteiger partial charge in [-0.2, -0.15) is 0 Å². The molecule has 0 aliphatic carbocycles. The number of carbonyl (C=O) groups is 1. The minimum Gasteiger partial charge on any atom is -0.356 e. The minimum atomic E-state index is 0.265. The molecule has 27 heavy (non-hydrogen) atoms. The van der Waals surface area contributed by atoms with Crippen LogP contribution in [-0.2, 0) is 17.8 Å². The molecule has 0 saturated carbocycles. The van der Waals surface area contributed by atoms with E-state index in [1.807, 2.05) is 11.8 Å². The SMILES string of the molecule is Cc1nc2c(c(N3CCCCC3)n1)CN(C(=O)C[C@@H](C)CC(C)(C)C)CC2. The molecule has 3 heterocycles. The quantitative estimate of drug-likeness (QED) is 0.798.